The van der Waals surface area contributed by atoms with Crippen LogP contribution in [0.1, 0.15) is 40.9 Å². The molecule has 1 amide bonds. The zero-order valence-corrected chi connectivity index (χ0v) is 13.8. The van der Waals surface area contributed by atoms with E-state index in [-0.39, 0.29) is 5.91 Å². The third kappa shape index (κ3) is 3.70. The Morgan fingerprint density at radius 2 is 1.87 bits per heavy atom. The number of aryl methyl sites for hydroxylation is 2. The maximum absolute atomic E-state index is 12.5. The lowest BCUT2D eigenvalue weighted by molar-refractivity contribution is 0.102. The maximum atomic E-state index is 12.5. The second kappa shape index (κ2) is 6.82. The SMILES string of the molecule is Cc1ccc(C)c(NC(=O)c2cccc(N3CCCCC3)n2)c1. The van der Waals surface area contributed by atoms with Gasteiger partial charge >= 0.3 is 0 Å². The fraction of sp³-hybridized carbons (Fsp3) is 0.368. The van der Waals surface area contributed by atoms with Crippen LogP contribution in [-0.4, -0.2) is 24.0 Å². The van der Waals surface area contributed by atoms with E-state index in [9.17, 15) is 4.79 Å². The molecule has 1 aliphatic heterocycles. The van der Waals surface area contributed by atoms with E-state index in [1.54, 1.807) is 6.07 Å². The molecule has 4 heteroatoms. The van der Waals surface area contributed by atoms with Gasteiger partial charge in [0.1, 0.15) is 11.5 Å². The molecule has 0 spiro atoms. The highest BCUT2D eigenvalue weighted by atomic mass is 16.1. The highest BCUT2D eigenvalue weighted by Crippen LogP contribution is 2.20. The van der Waals surface area contributed by atoms with Crippen LogP contribution < -0.4 is 10.2 Å². The number of hydrogen-bond acceptors (Lipinski definition) is 3. The van der Waals surface area contributed by atoms with Gasteiger partial charge in [0.25, 0.3) is 5.91 Å². The van der Waals surface area contributed by atoms with E-state index in [1.165, 1.54) is 19.3 Å². The molecule has 0 saturated carbocycles. The minimum Gasteiger partial charge on any atom is -0.357 e. The van der Waals surface area contributed by atoms with Crippen LogP contribution in [-0.2, 0) is 0 Å². The molecule has 2 heterocycles. The first kappa shape index (κ1) is 15.5. The maximum Gasteiger partial charge on any atom is 0.274 e. The van der Waals surface area contributed by atoms with Gasteiger partial charge in [-0.05, 0) is 62.4 Å². The summed E-state index contributed by atoms with van der Waals surface area (Å²) < 4.78 is 0. The number of piperidine rings is 1. The van der Waals surface area contributed by atoms with E-state index < -0.39 is 0 Å². The summed E-state index contributed by atoms with van der Waals surface area (Å²) >= 11 is 0. The molecule has 4 nitrogen and oxygen atoms in total. The summed E-state index contributed by atoms with van der Waals surface area (Å²) in [5.41, 5.74) is 3.49. The van der Waals surface area contributed by atoms with Crippen molar-refractivity contribution in [3.8, 4) is 0 Å². The summed E-state index contributed by atoms with van der Waals surface area (Å²) in [7, 11) is 0. The second-order valence-electron chi connectivity index (χ2n) is 6.20. The molecule has 0 atom stereocenters. The fourth-order valence-electron chi connectivity index (χ4n) is 2.91. The van der Waals surface area contributed by atoms with Gasteiger partial charge in [-0.3, -0.25) is 4.79 Å². The normalized spacial score (nSPS) is 14.6. The van der Waals surface area contributed by atoms with Crippen LogP contribution in [0.15, 0.2) is 36.4 Å². The third-order valence-electron chi connectivity index (χ3n) is 4.29. The molecule has 0 radical (unpaired) electrons. The highest BCUT2D eigenvalue weighted by Gasteiger charge is 2.15. The summed E-state index contributed by atoms with van der Waals surface area (Å²) in [5, 5.41) is 2.98. The van der Waals surface area contributed by atoms with Crippen molar-refractivity contribution >= 4 is 17.4 Å². The van der Waals surface area contributed by atoms with Gasteiger partial charge in [0.15, 0.2) is 0 Å². The Bertz CT molecular complexity index is 706. The van der Waals surface area contributed by atoms with Gasteiger partial charge in [0.05, 0.1) is 0 Å². The van der Waals surface area contributed by atoms with Gasteiger partial charge in [-0.25, -0.2) is 4.98 Å². The molecular formula is C19H23N3O. The number of carbonyl (C=O) groups excluding carboxylic acids is 1. The number of amides is 1. The monoisotopic (exact) mass is 309 g/mol. The number of benzene rings is 1. The lowest BCUT2D eigenvalue weighted by Crippen LogP contribution is -2.30. The topological polar surface area (TPSA) is 45.2 Å². The number of carbonyl (C=O) groups is 1. The molecule has 1 saturated heterocycles. The molecule has 0 unspecified atom stereocenters. The van der Waals surface area contributed by atoms with Gasteiger partial charge in [-0.2, -0.15) is 0 Å². The molecule has 3 rings (SSSR count). The molecule has 2 aromatic rings. The first-order chi connectivity index (χ1) is 11.1. The number of nitrogens with one attached hydrogen (secondary N) is 1. The predicted octanol–water partition coefficient (Wildman–Crippen LogP) is 3.94. The van der Waals surface area contributed by atoms with Crippen molar-refractivity contribution in [3.05, 3.63) is 53.2 Å². The molecule has 1 aromatic heterocycles. The quantitative estimate of drug-likeness (QED) is 0.934. The van der Waals surface area contributed by atoms with Crippen molar-refractivity contribution in [1.29, 1.82) is 0 Å². The lowest BCUT2D eigenvalue weighted by Gasteiger charge is -2.27. The van der Waals surface area contributed by atoms with Crippen LogP contribution in [0.3, 0.4) is 0 Å². The molecule has 23 heavy (non-hydrogen) atoms. The average molecular weight is 309 g/mol. The highest BCUT2D eigenvalue weighted by molar-refractivity contribution is 6.03. The minimum atomic E-state index is -0.155. The number of hydrogen-bond donors (Lipinski definition) is 1. The van der Waals surface area contributed by atoms with E-state index in [1.807, 2.05) is 44.2 Å². The Labute approximate surface area is 137 Å². The molecule has 0 aliphatic carbocycles. The summed E-state index contributed by atoms with van der Waals surface area (Å²) in [6.07, 6.45) is 3.67. The Kier molecular flexibility index (Phi) is 4.60. The summed E-state index contributed by atoms with van der Waals surface area (Å²) in [6, 6.07) is 11.7. The van der Waals surface area contributed by atoms with E-state index in [0.29, 0.717) is 5.69 Å². The van der Waals surface area contributed by atoms with Crippen molar-refractivity contribution in [2.24, 2.45) is 0 Å². The van der Waals surface area contributed by atoms with Gasteiger partial charge in [0.2, 0.25) is 0 Å². The first-order valence-electron chi connectivity index (χ1n) is 8.24. The van der Waals surface area contributed by atoms with E-state index in [4.69, 9.17) is 0 Å². The molecule has 1 fully saturated rings. The van der Waals surface area contributed by atoms with E-state index >= 15 is 0 Å². The Morgan fingerprint density at radius 3 is 2.65 bits per heavy atom. The average Bonchev–Trinajstić information content (AvgIpc) is 2.59. The van der Waals surface area contributed by atoms with Gasteiger partial charge in [-0.1, -0.05) is 18.2 Å². The second-order valence-corrected chi connectivity index (χ2v) is 6.20. The molecular weight excluding hydrogens is 286 g/mol. The van der Waals surface area contributed by atoms with Gasteiger partial charge in [0, 0.05) is 18.8 Å². The van der Waals surface area contributed by atoms with Gasteiger partial charge in [-0.15, -0.1) is 0 Å². The Morgan fingerprint density at radius 1 is 1.09 bits per heavy atom. The van der Waals surface area contributed by atoms with Gasteiger partial charge < -0.3 is 10.2 Å². The fourth-order valence-corrected chi connectivity index (χ4v) is 2.91. The molecule has 120 valence electrons. The van der Waals surface area contributed by atoms with Crippen molar-refractivity contribution in [1.82, 2.24) is 4.98 Å². The molecule has 1 aromatic carbocycles. The van der Waals surface area contributed by atoms with E-state index in [0.717, 1.165) is 35.7 Å². The summed E-state index contributed by atoms with van der Waals surface area (Å²) in [6.45, 7) is 6.06. The smallest absolute Gasteiger partial charge is 0.274 e. The minimum absolute atomic E-state index is 0.155. The third-order valence-corrected chi connectivity index (χ3v) is 4.29. The van der Waals surface area contributed by atoms with Crippen LogP contribution in [0.4, 0.5) is 11.5 Å². The number of rotatable bonds is 3. The number of pyridine rings is 1. The van der Waals surface area contributed by atoms with Crippen molar-refractivity contribution in [3.63, 3.8) is 0 Å². The molecule has 0 bridgehead atoms. The largest absolute Gasteiger partial charge is 0.357 e. The summed E-state index contributed by atoms with van der Waals surface area (Å²) in [4.78, 5) is 19.3. The van der Waals surface area contributed by atoms with Crippen LogP contribution in [0.2, 0.25) is 0 Å². The van der Waals surface area contributed by atoms with Crippen LogP contribution in [0.25, 0.3) is 0 Å². The van der Waals surface area contributed by atoms with Crippen molar-refractivity contribution in [2.45, 2.75) is 33.1 Å². The molecule has 1 N–H and O–H groups in total. The van der Waals surface area contributed by atoms with Crippen LogP contribution in [0, 0.1) is 13.8 Å². The lowest BCUT2D eigenvalue weighted by atomic mass is 10.1. The van der Waals surface area contributed by atoms with E-state index in [2.05, 4.69) is 15.2 Å². The summed E-state index contributed by atoms with van der Waals surface area (Å²) in [5.74, 6) is 0.746. The standard InChI is InChI=1S/C19H23N3O/c1-14-9-10-15(2)17(13-14)21-19(23)16-7-6-8-18(20-16)22-11-4-3-5-12-22/h6-10,13H,3-5,11-12H2,1-2H3,(H,21,23). The Hall–Kier alpha value is -2.36. The zero-order chi connectivity index (χ0) is 16.2. The van der Waals surface area contributed by atoms with Crippen LogP contribution in [0.5, 0.6) is 0 Å². The van der Waals surface area contributed by atoms with Crippen molar-refractivity contribution < 1.29 is 4.79 Å². The first-order valence-corrected chi connectivity index (χ1v) is 8.24. The predicted molar refractivity (Wildman–Crippen MR) is 94.2 cm³/mol. The number of anilines is 2. The number of nitrogens with zero attached hydrogens (tertiary/aromatic N) is 2. The number of aromatic nitrogens is 1. The Balaban J connectivity index is 1.78. The zero-order valence-electron chi connectivity index (χ0n) is 13.8. The molecule has 1 aliphatic rings. The van der Waals surface area contributed by atoms with Crippen LogP contribution >= 0.6 is 0 Å². The van der Waals surface area contributed by atoms with Crippen molar-refractivity contribution in [2.75, 3.05) is 23.3 Å².